The molecule has 2 N–H and O–H groups in total. The molecule has 1 aliphatic rings. The van der Waals surface area contributed by atoms with E-state index in [2.05, 4.69) is 37.9 Å². The van der Waals surface area contributed by atoms with Crippen LogP contribution in [0.3, 0.4) is 0 Å². The van der Waals surface area contributed by atoms with Gasteiger partial charge in [0.2, 0.25) is 5.89 Å². The van der Waals surface area contributed by atoms with Crippen molar-refractivity contribution >= 4 is 11.1 Å². The summed E-state index contributed by atoms with van der Waals surface area (Å²) in [6, 6.07) is 6.26. The first-order chi connectivity index (χ1) is 9.38. The molecule has 1 aromatic carbocycles. The lowest BCUT2D eigenvalue weighted by Crippen LogP contribution is -2.38. The molecule has 0 bridgehead atoms. The molecule has 0 aliphatic heterocycles. The second-order valence-electron chi connectivity index (χ2n) is 7.17. The van der Waals surface area contributed by atoms with Crippen molar-refractivity contribution < 1.29 is 4.42 Å². The third-order valence-corrected chi connectivity index (χ3v) is 4.35. The topological polar surface area (TPSA) is 52.0 Å². The number of fused-ring (bicyclic) bond motifs is 1. The Morgan fingerprint density at radius 2 is 1.85 bits per heavy atom. The summed E-state index contributed by atoms with van der Waals surface area (Å²) in [5, 5.41) is 0. The summed E-state index contributed by atoms with van der Waals surface area (Å²) >= 11 is 0. The molecule has 0 unspecified atom stereocenters. The van der Waals surface area contributed by atoms with Crippen LogP contribution in [0.1, 0.15) is 64.3 Å². The maximum Gasteiger partial charge on any atom is 0.200 e. The van der Waals surface area contributed by atoms with Crippen LogP contribution in [-0.2, 0) is 11.0 Å². The number of hydrogen-bond donors (Lipinski definition) is 1. The molecule has 0 radical (unpaired) electrons. The highest BCUT2D eigenvalue weighted by molar-refractivity contribution is 5.74. The molecule has 3 rings (SSSR count). The minimum atomic E-state index is -0.173. The van der Waals surface area contributed by atoms with Gasteiger partial charge in [0.05, 0.1) is 0 Å². The Labute approximate surface area is 120 Å². The van der Waals surface area contributed by atoms with Crippen LogP contribution in [0, 0.1) is 0 Å². The summed E-state index contributed by atoms with van der Waals surface area (Å²) in [5.41, 5.74) is 9.37. The van der Waals surface area contributed by atoms with Crippen LogP contribution in [0.25, 0.3) is 11.1 Å². The number of oxazole rings is 1. The number of benzene rings is 1. The molecular formula is C17H24N2O. The zero-order valence-electron chi connectivity index (χ0n) is 12.7. The van der Waals surface area contributed by atoms with Gasteiger partial charge in [-0.25, -0.2) is 4.98 Å². The number of hydrogen-bond acceptors (Lipinski definition) is 3. The van der Waals surface area contributed by atoms with Crippen molar-refractivity contribution in [3.8, 4) is 0 Å². The molecule has 20 heavy (non-hydrogen) atoms. The van der Waals surface area contributed by atoms with Gasteiger partial charge in [-0.05, 0) is 30.5 Å². The third-order valence-electron chi connectivity index (χ3n) is 4.35. The highest BCUT2D eigenvalue weighted by Gasteiger charge is 2.30. The maximum atomic E-state index is 6.61. The average molecular weight is 272 g/mol. The minimum absolute atomic E-state index is 0.0651. The summed E-state index contributed by atoms with van der Waals surface area (Å²) in [4.78, 5) is 4.65. The lowest BCUT2D eigenvalue weighted by molar-refractivity contribution is 0.302. The molecule has 0 spiro atoms. The van der Waals surface area contributed by atoms with Crippen LogP contribution in [0.2, 0.25) is 0 Å². The van der Waals surface area contributed by atoms with Gasteiger partial charge in [0.25, 0.3) is 0 Å². The first kappa shape index (κ1) is 13.6. The number of rotatable bonds is 1. The SMILES string of the molecule is CC(C)(C)c1nc2cc(C3(N)CCCCC3)ccc2o1. The standard InChI is InChI=1S/C17H24N2O/c1-16(2,3)15-19-13-11-12(7-8-14(13)20-15)17(18)9-5-4-6-10-17/h7-8,11H,4-6,9-10,18H2,1-3H3. The lowest BCUT2D eigenvalue weighted by atomic mass is 9.77. The van der Waals surface area contributed by atoms with Crippen molar-refractivity contribution in [2.24, 2.45) is 5.73 Å². The first-order valence-electron chi connectivity index (χ1n) is 7.59. The van der Waals surface area contributed by atoms with E-state index in [0.29, 0.717) is 0 Å². The van der Waals surface area contributed by atoms with Gasteiger partial charge in [0, 0.05) is 11.0 Å². The summed E-state index contributed by atoms with van der Waals surface area (Å²) in [6.07, 6.45) is 5.89. The lowest BCUT2D eigenvalue weighted by Gasteiger charge is -2.33. The Morgan fingerprint density at radius 3 is 2.50 bits per heavy atom. The fourth-order valence-corrected chi connectivity index (χ4v) is 3.03. The maximum absolute atomic E-state index is 6.61. The van der Waals surface area contributed by atoms with Crippen molar-refractivity contribution in [2.45, 2.75) is 63.8 Å². The number of nitrogens with zero attached hydrogens (tertiary/aromatic N) is 1. The molecule has 0 amide bonds. The van der Waals surface area contributed by atoms with Crippen LogP contribution in [0.15, 0.2) is 22.6 Å². The smallest absolute Gasteiger partial charge is 0.200 e. The molecule has 1 fully saturated rings. The van der Waals surface area contributed by atoms with Gasteiger partial charge in [-0.1, -0.05) is 46.1 Å². The molecule has 2 aromatic rings. The van der Waals surface area contributed by atoms with E-state index in [1.165, 1.54) is 24.8 Å². The monoisotopic (exact) mass is 272 g/mol. The predicted octanol–water partition coefficient (Wildman–Crippen LogP) is 4.24. The van der Waals surface area contributed by atoms with Crippen LogP contribution >= 0.6 is 0 Å². The zero-order valence-corrected chi connectivity index (χ0v) is 12.7. The van der Waals surface area contributed by atoms with Crippen molar-refractivity contribution in [3.63, 3.8) is 0 Å². The normalized spacial score (nSPS) is 19.4. The van der Waals surface area contributed by atoms with E-state index in [1.807, 2.05) is 6.07 Å². The Hall–Kier alpha value is -1.35. The van der Waals surface area contributed by atoms with Gasteiger partial charge >= 0.3 is 0 Å². The summed E-state index contributed by atoms with van der Waals surface area (Å²) in [6.45, 7) is 6.35. The largest absolute Gasteiger partial charge is 0.440 e. The molecule has 0 saturated heterocycles. The van der Waals surface area contributed by atoms with E-state index >= 15 is 0 Å². The summed E-state index contributed by atoms with van der Waals surface area (Å²) < 4.78 is 5.86. The Balaban J connectivity index is 2.02. The van der Waals surface area contributed by atoms with Gasteiger partial charge in [-0.2, -0.15) is 0 Å². The molecule has 108 valence electrons. The highest BCUT2D eigenvalue weighted by Crippen LogP contribution is 2.36. The number of aromatic nitrogens is 1. The predicted molar refractivity (Wildman–Crippen MR) is 81.7 cm³/mol. The van der Waals surface area contributed by atoms with Crippen LogP contribution in [-0.4, -0.2) is 4.98 Å². The van der Waals surface area contributed by atoms with Gasteiger partial charge < -0.3 is 10.2 Å². The fourth-order valence-electron chi connectivity index (χ4n) is 3.03. The van der Waals surface area contributed by atoms with E-state index in [9.17, 15) is 0 Å². The second-order valence-corrected chi connectivity index (χ2v) is 7.17. The van der Waals surface area contributed by atoms with Gasteiger partial charge in [-0.3, -0.25) is 0 Å². The Morgan fingerprint density at radius 1 is 1.15 bits per heavy atom. The van der Waals surface area contributed by atoms with Crippen molar-refractivity contribution in [2.75, 3.05) is 0 Å². The van der Waals surface area contributed by atoms with E-state index in [1.54, 1.807) is 0 Å². The van der Waals surface area contributed by atoms with Crippen molar-refractivity contribution in [1.82, 2.24) is 4.98 Å². The minimum Gasteiger partial charge on any atom is -0.440 e. The van der Waals surface area contributed by atoms with Crippen LogP contribution in [0.4, 0.5) is 0 Å². The van der Waals surface area contributed by atoms with E-state index in [-0.39, 0.29) is 11.0 Å². The zero-order chi connectivity index (χ0) is 14.4. The Bertz CT molecular complexity index is 615. The molecule has 3 heteroatoms. The molecule has 1 heterocycles. The highest BCUT2D eigenvalue weighted by atomic mass is 16.3. The van der Waals surface area contributed by atoms with E-state index in [0.717, 1.165) is 29.8 Å². The third kappa shape index (κ3) is 2.35. The molecular weight excluding hydrogens is 248 g/mol. The second kappa shape index (κ2) is 4.59. The van der Waals surface area contributed by atoms with Crippen molar-refractivity contribution in [1.29, 1.82) is 0 Å². The Kier molecular flexibility index (Phi) is 3.13. The summed E-state index contributed by atoms with van der Waals surface area (Å²) in [5.74, 6) is 0.791. The molecule has 1 saturated carbocycles. The molecule has 0 atom stereocenters. The number of nitrogens with two attached hydrogens (primary N) is 1. The molecule has 3 nitrogen and oxygen atoms in total. The fraction of sp³-hybridized carbons (Fsp3) is 0.588. The van der Waals surface area contributed by atoms with Crippen LogP contribution in [0.5, 0.6) is 0 Å². The van der Waals surface area contributed by atoms with Crippen molar-refractivity contribution in [3.05, 3.63) is 29.7 Å². The quantitative estimate of drug-likeness (QED) is 0.844. The molecule has 1 aromatic heterocycles. The van der Waals surface area contributed by atoms with E-state index in [4.69, 9.17) is 10.2 Å². The molecule has 1 aliphatic carbocycles. The average Bonchev–Trinajstić information content (AvgIpc) is 2.82. The summed E-state index contributed by atoms with van der Waals surface area (Å²) in [7, 11) is 0. The van der Waals surface area contributed by atoms with Gasteiger partial charge in [0.15, 0.2) is 5.58 Å². The van der Waals surface area contributed by atoms with Crippen LogP contribution < -0.4 is 5.73 Å². The van der Waals surface area contributed by atoms with Gasteiger partial charge in [0.1, 0.15) is 5.52 Å². The van der Waals surface area contributed by atoms with Gasteiger partial charge in [-0.15, -0.1) is 0 Å². The first-order valence-corrected chi connectivity index (χ1v) is 7.59. The van der Waals surface area contributed by atoms with E-state index < -0.39 is 0 Å².